The molecule has 0 aliphatic heterocycles. The standard InChI is InChI=1S/C11H21NO4S/c1-11(2,3)7-17-6-8(10(15)16)12-9(14)4-5-13/h8,13H,4-7H2,1-3H3,(H,12,14)(H,15,16)/t8-/m0/s1. The van der Waals surface area contributed by atoms with Crippen molar-refractivity contribution in [2.75, 3.05) is 18.1 Å². The summed E-state index contributed by atoms with van der Waals surface area (Å²) < 4.78 is 0. The van der Waals surface area contributed by atoms with Gasteiger partial charge in [-0.05, 0) is 11.2 Å². The third-order valence-corrected chi connectivity index (χ3v) is 3.43. The molecule has 0 saturated carbocycles. The second kappa shape index (κ2) is 7.55. The van der Waals surface area contributed by atoms with E-state index in [1.54, 1.807) is 0 Å². The summed E-state index contributed by atoms with van der Waals surface area (Å²) in [6.45, 7) is 5.94. The lowest BCUT2D eigenvalue weighted by atomic mass is 10.0. The molecule has 0 aliphatic rings. The molecule has 0 unspecified atom stereocenters. The van der Waals surface area contributed by atoms with Crippen LogP contribution in [0.15, 0.2) is 0 Å². The molecule has 0 aromatic heterocycles. The molecule has 17 heavy (non-hydrogen) atoms. The SMILES string of the molecule is CC(C)(C)CSC[C@H](NC(=O)CCO)C(=O)O. The maximum absolute atomic E-state index is 11.2. The van der Waals surface area contributed by atoms with Gasteiger partial charge in [-0.25, -0.2) is 4.79 Å². The van der Waals surface area contributed by atoms with E-state index in [0.717, 1.165) is 5.75 Å². The number of aliphatic hydroxyl groups excluding tert-OH is 1. The Morgan fingerprint density at radius 1 is 1.35 bits per heavy atom. The zero-order valence-electron chi connectivity index (χ0n) is 10.5. The van der Waals surface area contributed by atoms with E-state index >= 15 is 0 Å². The predicted molar refractivity (Wildman–Crippen MR) is 68.0 cm³/mol. The summed E-state index contributed by atoms with van der Waals surface area (Å²) in [5.74, 6) is -0.315. The Labute approximate surface area is 106 Å². The van der Waals surface area contributed by atoms with Crippen molar-refractivity contribution in [1.29, 1.82) is 0 Å². The minimum Gasteiger partial charge on any atom is -0.480 e. The average Bonchev–Trinajstić information content (AvgIpc) is 2.14. The van der Waals surface area contributed by atoms with E-state index in [9.17, 15) is 9.59 Å². The van der Waals surface area contributed by atoms with E-state index < -0.39 is 17.9 Å². The molecule has 0 saturated heterocycles. The van der Waals surface area contributed by atoms with Crippen LogP contribution in [-0.4, -0.2) is 46.2 Å². The van der Waals surface area contributed by atoms with Crippen molar-refractivity contribution >= 4 is 23.6 Å². The van der Waals surface area contributed by atoms with Gasteiger partial charge in [-0.3, -0.25) is 4.79 Å². The van der Waals surface area contributed by atoms with Crippen LogP contribution in [0, 0.1) is 5.41 Å². The Hall–Kier alpha value is -0.750. The van der Waals surface area contributed by atoms with E-state index in [2.05, 4.69) is 26.1 Å². The maximum atomic E-state index is 11.2. The molecule has 0 rings (SSSR count). The van der Waals surface area contributed by atoms with Crippen LogP contribution >= 0.6 is 11.8 Å². The van der Waals surface area contributed by atoms with Gasteiger partial charge in [0.25, 0.3) is 0 Å². The minimum absolute atomic E-state index is 0.0618. The molecular weight excluding hydrogens is 242 g/mol. The van der Waals surface area contributed by atoms with Gasteiger partial charge in [0.2, 0.25) is 5.91 Å². The van der Waals surface area contributed by atoms with Crippen molar-refractivity contribution in [2.24, 2.45) is 5.41 Å². The van der Waals surface area contributed by atoms with Gasteiger partial charge >= 0.3 is 5.97 Å². The largest absolute Gasteiger partial charge is 0.480 e. The highest BCUT2D eigenvalue weighted by Crippen LogP contribution is 2.20. The topological polar surface area (TPSA) is 86.6 Å². The highest BCUT2D eigenvalue weighted by molar-refractivity contribution is 7.99. The van der Waals surface area contributed by atoms with E-state index in [1.807, 2.05) is 0 Å². The number of carbonyl (C=O) groups is 2. The van der Waals surface area contributed by atoms with Gasteiger partial charge in [-0.2, -0.15) is 11.8 Å². The van der Waals surface area contributed by atoms with Gasteiger partial charge in [0, 0.05) is 12.2 Å². The quantitative estimate of drug-likeness (QED) is 0.630. The Kier molecular flexibility index (Phi) is 7.22. The molecule has 0 aromatic rings. The first kappa shape index (κ1) is 16.2. The first-order valence-electron chi connectivity index (χ1n) is 5.47. The number of hydrogen-bond acceptors (Lipinski definition) is 4. The average molecular weight is 263 g/mol. The summed E-state index contributed by atoms with van der Waals surface area (Å²) in [6, 6.07) is -0.888. The number of aliphatic hydroxyl groups is 1. The lowest BCUT2D eigenvalue weighted by Crippen LogP contribution is -2.43. The van der Waals surface area contributed by atoms with Crippen LogP contribution in [0.5, 0.6) is 0 Å². The van der Waals surface area contributed by atoms with Crippen LogP contribution in [0.1, 0.15) is 27.2 Å². The smallest absolute Gasteiger partial charge is 0.327 e. The summed E-state index contributed by atoms with van der Waals surface area (Å²) in [4.78, 5) is 22.1. The number of aliphatic carboxylic acids is 1. The molecule has 0 fully saturated rings. The fourth-order valence-electron chi connectivity index (χ4n) is 1.03. The summed E-state index contributed by atoms with van der Waals surface area (Å²) in [5.41, 5.74) is 0.128. The molecule has 0 radical (unpaired) electrons. The summed E-state index contributed by atoms with van der Waals surface area (Å²) in [6.07, 6.45) is -0.0618. The Balaban J connectivity index is 4.08. The minimum atomic E-state index is -1.04. The Morgan fingerprint density at radius 2 is 1.94 bits per heavy atom. The van der Waals surface area contributed by atoms with E-state index in [-0.39, 0.29) is 18.4 Å². The molecule has 0 spiro atoms. The molecule has 0 bridgehead atoms. The molecular formula is C11H21NO4S. The first-order valence-corrected chi connectivity index (χ1v) is 6.62. The molecule has 0 heterocycles. The monoisotopic (exact) mass is 263 g/mol. The highest BCUT2D eigenvalue weighted by atomic mass is 32.2. The summed E-state index contributed by atoms with van der Waals surface area (Å²) >= 11 is 1.50. The zero-order chi connectivity index (χ0) is 13.5. The number of nitrogens with one attached hydrogen (secondary N) is 1. The second-order valence-corrected chi connectivity index (χ2v) is 6.04. The van der Waals surface area contributed by atoms with Gasteiger partial charge in [-0.1, -0.05) is 20.8 Å². The molecule has 5 nitrogen and oxygen atoms in total. The van der Waals surface area contributed by atoms with Gasteiger partial charge in [0.15, 0.2) is 0 Å². The van der Waals surface area contributed by atoms with E-state index in [1.165, 1.54) is 11.8 Å². The fraction of sp³-hybridized carbons (Fsp3) is 0.818. The van der Waals surface area contributed by atoms with Crippen LogP contribution in [0.2, 0.25) is 0 Å². The normalized spacial score (nSPS) is 13.2. The lowest BCUT2D eigenvalue weighted by Gasteiger charge is -2.19. The molecule has 6 heteroatoms. The van der Waals surface area contributed by atoms with Crippen molar-refractivity contribution in [3.05, 3.63) is 0 Å². The lowest BCUT2D eigenvalue weighted by molar-refractivity contribution is -0.141. The number of carboxylic acids is 1. The number of carbonyl (C=O) groups excluding carboxylic acids is 1. The fourth-order valence-corrected chi connectivity index (χ4v) is 2.22. The van der Waals surface area contributed by atoms with Gasteiger partial charge in [-0.15, -0.1) is 0 Å². The van der Waals surface area contributed by atoms with Crippen LogP contribution in [0.3, 0.4) is 0 Å². The predicted octanol–water partition coefficient (Wildman–Crippen LogP) is 0.717. The third kappa shape index (κ3) is 9.00. The van der Waals surface area contributed by atoms with Crippen molar-refractivity contribution in [2.45, 2.75) is 33.2 Å². The second-order valence-electron chi connectivity index (χ2n) is 5.01. The van der Waals surface area contributed by atoms with Gasteiger partial charge in [0.1, 0.15) is 6.04 Å². The van der Waals surface area contributed by atoms with Crippen LogP contribution in [-0.2, 0) is 9.59 Å². The van der Waals surface area contributed by atoms with E-state index in [0.29, 0.717) is 5.75 Å². The summed E-state index contributed by atoms with van der Waals surface area (Å²) in [5, 5.41) is 19.9. The Morgan fingerprint density at radius 3 is 2.35 bits per heavy atom. The highest BCUT2D eigenvalue weighted by Gasteiger charge is 2.20. The molecule has 1 atom stereocenters. The van der Waals surface area contributed by atoms with E-state index in [4.69, 9.17) is 10.2 Å². The molecule has 100 valence electrons. The number of carboxylic acid groups (broad SMARTS) is 1. The summed E-state index contributed by atoms with van der Waals surface area (Å²) in [7, 11) is 0. The third-order valence-electron chi connectivity index (χ3n) is 1.79. The number of amides is 1. The Bertz CT molecular complexity index is 263. The van der Waals surface area contributed by atoms with Gasteiger partial charge in [0.05, 0.1) is 6.61 Å². The number of hydrogen-bond donors (Lipinski definition) is 3. The van der Waals surface area contributed by atoms with Gasteiger partial charge < -0.3 is 15.5 Å². The molecule has 0 aliphatic carbocycles. The number of rotatable bonds is 7. The van der Waals surface area contributed by atoms with Crippen molar-refractivity contribution in [3.8, 4) is 0 Å². The van der Waals surface area contributed by atoms with Crippen LogP contribution < -0.4 is 5.32 Å². The molecule has 0 aromatic carbocycles. The number of thioether (sulfide) groups is 1. The van der Waals surface area contributed by atoms with Crippen molar-refractivity contribution < 1.29 is 19.8 Å². The molecule has 1 amide bonds. The zero-order valence-corrected chi connectivity index (χ0v) is 11.3. The maximum Gasteiger partial charge on any atom is 0.327 e. The van der Waals surface area contributed by atoms with Crippen LogP contribution in [0.25, 0.3) is 0 Å². The van der Waals surface area contributed by atoms with Crippen LogP contribution in [0.4, 0.5) is 0 Å². The molecule has 3 N–H and O–H groups in total. The van der Waals surface area contributed by atoms with Crippen molar-refractivity contribution in [3.63, 3.8) is 0 Å². The first-order chi connectivity index (χ1) is 7.76. The van der Waals surface area contributed by atoms with Crippen molar-refractivity contribution in [1.82, 2.24) is 5.32 Å².